The Kier molecular flexibility index (Phi) is 4.01. The number of halogens is 5. The number of rotatable bonds is 1. The first kappa shape index (κ1) is 16.7. The number of benzene rings is 1. The molecule has 0 aliphatic carbocycles. The summed E-state index contributed by atoms with van der Waals surface area (Å²) in [5.74, 6) is -2.76. The average molecular weight is 377 g/mol. The van der Waals surface area contributed by atoms with E-state index in [-0.39, 0.29) is 27.1 Å². The molecule has 24 heavy (non-hydrogen) atoms. The molecule has 0 radical (unpaired) electrons. The minimum atomic E-state index is -4.71. The second-order valence-corrected chi connectivity index (χ2v) is 6.01. The van der Waals surface area contributed by atoms with Gasteiger partial charge in [0.1, 0.15) is 6.07 Å². The van der Waals surface area contributed by atoms with E-state index in [4.69, 9.17) is 33.7 Å². The lowest BCUT2D eigenvalue weighted by Crippen LogP contribution is -2.45. The molecule has 2 heterocycles. The molecule has 3 N–H and O–H groups in total. The van der Waals surface area contributed by atoms with E-state index in [1.807, 2.05) is 0 Å². The molecular formula is C14H9Cl2F3N4O. The molecule has 2 aliphatic rings. The maximum atomic E-state index is 13.3. The Bertz CT molecular complexity index is 780. The van der Waals surface area contributed by atoms with E-state index in [9.17, 15) is 18.4 Å². The standard InChI is InChI=1S/C14H9Cl2F3N4O/c15-6-2-1-3-7(16)9(6)8-5(4-20)12(21)24-13-10(8)11(22-23-13)14(17,18)19/h1-3,8,10,13,23H,21H2/t8-,10-,13+/m1/s1. The van der Waals surface area contributed by atoms with Crippen LogP contribution in [0.5, 0.6) is 0 Å². The summed E-state index contributed by atoms with van der Waals surface area (Å²) in [5, 5.41) is 13.0. The number of hydrogen-bond acceptors (Lipinski definition) is 5. The molecular weight excluding hydrogens is 368 g/mol. The molecule has 0 fully saturated rings. The van der Waals surface area contributed by atoms with Crippen molar-refractivity contribution in [3.05, 3.63) is 45.3 Å². The first-order valence-corrected chi connectivity index (χ1v) is 7.42. The lowest BCUT2D eigenvalue weighted by molar-refractivity contribution is -0.0661. The van der Waals surface area contributed by atoms with E-state index in [0.717, 1.165) is 0 Å². The summed E-state index contributed by atoms with van der Waals surface area (Å²) in [6, 6.07) is 6.31. The Morgan fingerprint density at radius 2 is 1.92 bits per heavy atom. The minimum Gasteiger partial charge on any atom is -0.453 e. The smallest absolute Gasteiger partial charge is 0.431 e. The summed E-state index contributed by atoms with van der Waals surface area (Å²) in [7, 11) is 0. The zero-order valence-corrected chi connectivity index (χ0v) is 13.2. The Labute approximate surface area is 144 Å². The van der Waals surface area contributed by atoms with Crippen molar-refractivity contribution < 1.29 is 17.9 Å². The van der Waals surface area contributed by atoms with Crippen LogP contribution in [0.3, 0.4) is 0 Å². The first-order chi connectivity index (χ1) is 11.3. The van der Waals surface area contributed by atoms with Crippen molar-refractivity contribution in [2.24, 2.45) is 16.8 Å². The number of allylic oxidation sites excluding steroid dienone is 1. The van der Waals surface area contributed by atoms with Gasteiger partial charge >= 0.3 is 6.18 Å². The number of hydrogen-bond donors (Lipinski definition) is 2. The summed E-state index contributed by atoms with van der Waals surface area (Å²) in [6.07, 6.45) is -5.88. The summed E-state index contributed by atoms with van der Waals surface area (Å²) in [4.78, 5) is 0. The van der Waals surface area contributed by atoms with E-state index in [1.54, 1.807) is 12.1 Å². The molecule has 5 nitrogen and oxygen atoms in total. The maximum absolute atomic E-state index is 13.3. The SMILES string of the molecule is N#CC1=C(N)O[C@@H]2NN=C(C(F)(F)F)[C@H]2[C@H]1c1c(Cl)cccc1Cl. The van der Waals surface area contributed by atoms with Crippen LogP contribution in [-0.2, 0) is 4.74 Å². The normalized spacial score (nSPS) is 26.2. The number of nitrogens with two attached hydrogens (primary N) is 1. The van der Waals surface area contributed by atoms with Crippen LogP contribution in [0.15, 0.2) is 34.8 Å². The molecule has 3 rings (SSSR count). The van der Waals surface area contributed by atoms with E-state index in [1.165, 1.54) is 12.1 Å². The number of nitriles is 1. The summed E-state index contributed by atoms with van der Waals surface area (Å²) in [6.45, 7) is 0. The van der Waals surface area contributed by atoms with E-state index >= 15 is 0 Å². The van der Waals surface area contributed by atoms with Gasteiger partial charge in [0.2, 0.25) is 5.88 Å². The fourth-order valence-electron chi connectivity index (χ4n) is 2.91. The third-order valence-electron chi connectivity index (χ3n) is 3.87. The summed E-state index contributed by atoms with van der Waals surface area (Å²) in [5.41, 5.74) is 6.87. The molecule has 0 bridgehead atoms. The number of hydrazone groups is 1. The molecule has 0 spiro atoms. The average Bonchev–Trinajstić information content (AvgIpc) is 2.90. The predicted octanol–water partition coefficient (Wildman–Crippen LogP) is 3.26. The number of nitrogens with one attached hydrogen (secondary N) is 1. The topological polar surface area (TPSA) is 83.4 Å². The van der Waals surface area contributed by atoms with Crippen LogP contribution in [0, 0.1) is 17.2 Å². The van der Waals surface area contributed by atoms with Gasteiger partial charge in [0.05, 0.1) is 11.5 Å². The molecule has 1 aromatic rings. The van der Waals surface area contributed by atoms with Gasteiger partial charge in [-0.15, -0.1) is 0 Å². The molecule has 0 saturated heterocycles. The van der Waals surface area contributed by atoms with E-state index < -0.39 is 30.0 Å². The third kappa shape index (κ3) is 2.54. The van der Waals surface area contributed by atoms with Crippen LogP contribution in [-0.4, -0.2) is 18.1 Å². The van der Waals surface area contributed by atoms with Crippen LogP contribution in [0.4, 0.5) is 13.2 Å². The number of fused-ring (bicyclic) bond motifs is 1. The van der Waals surface area contributed by atoms with Crippen LogP contribution < -0.4 is 11.2 Å². The van der Waals surface area contributed by atoms with Crippen molar-refractivity contribution in [2.75, 3.05) is 0 Å². The minimum absolute atomic E-state index is 0.127. The Morgan fingerprint density at radius 1 is 1.29 bits per heavy atom. The van der Waals surface area contributed by atoms with Crippen molar-refractivity contribution in [3.63, 3.8) is 0 Å². The Hall–Kier alpha value is -2.11. The quantitative estimate of drug-likeness (QED) is 0.787. The van der Waals surface area contributed by atoms with Gasteiger partial charge in [-0.3, -0.25) is 5.43 Å². The lowest BCUT2D eigenvalue weighted by atomic mass is 9.76. The van der Waals surface area contributed by atoms with Crippen molar-refractivity contribution in [1.29, 1.82) is 5.26 Å². The predicted molar refractivity (Wildman–Crippen MR) is 81.0 cm³/mol. The van der Waals surface area contributed by atoms with Crippen molar-refractivity contribution in [1.82, 2.24) is 5.43 Å². The molecule has 126 valence electrons. The highest BCUT2D eigenvalue weighted by atomic mass is 35.5. The van der Waals surface area contributed by atoms with E-state index in [0.29, 0.717) is 0 Å². The van der Waals surface area contributed by atoms with Crippen LogP contribution in [0.25, 0.3) is 0 Å². The van der Waals surface area contributed by atoms with Crippen LogP contribution in [0.1, 0.15) is 11.5 Å². The van der Waals surface area contributed by atoms with Crippen LogP contribution in [0.2, 0.25) is 10.0 Å². The van der Waals surface area contributed by atoms with Gasteiger partial charge in [0.25, 0.3) is 0 Å². The highest BCUT2D eigenvalue weighted by Crippen LogP contribution is 2.48. The molecule has 2 aliphatic heterocycles. The number of ether oxygens (including phenoxy) is 1. The fourth-order valence-corrected chi connectivity index (χ4v) is 3.54. The van der Waals surface area contributed by atoms with Gasteiger partial charge in [0.15, 0.2) is 11.9 Å². The first-order valence-electron chi connectivity index (χ1n) is 6.66. The van der Waals surface area contributed by atoms with Gasteiger partial charge in [-0.2, -0.15) is 23.5 Å². The van der Waals surface area contributed by atoms with Crippen molar-refractivity contribution in [3.8, 4) is 6.07 Å². The molecule has 0 saturated carbocycles. The number of nitrogens with zero attached hydrogens (tertiary/aromatic N) is 2. The van der Waals surface area contributed by atoms with Crippen molar-refractivity contribution in [2.45, 2.75) is 18.3 Å². The molecule has 0 aromatic heterocycles. The van der Waals surface area contributed by atoms with Crippen LogP contribution >= 0.6 is 23.2 Å². The molecule has 0 amide bonds. The Balaban J connectivity index is 2.23. The highest BCUT2D eigenvalue weighted by molar-refractivity contribution is 6.36. The van der Waals surface area contributed by atoms with Gasteiger partial charge in [-0.25, -0.2) is 0 Å². The molecule has 0 unspecified atom stereocenters. The zero-order chi connectivity index (χ0) is 17.6. The van der Waals surface area contributed by atoms with Gasteiger partial charge < -0.3 is 10.5 Å². The second kappa shape index (κ2) is 5.76. The zero-order valence-electron chi connectivity index (χ0n) is 11.7. The molecule has 3 atom stereocenters. The number of alkyl halides is 3. The van der Waals surface area contributed by atoms with E-state index in [2.05, 4.69) is 10.5 Å². The summed E-state index contributed by atoms with van der Waals surface area (Å²) >= 11 is 12.3. The highest BCUT2D eigenvalue weighted by Gasteiger charge is 2.55. The van der Waals surface area contributed by atoms with Gasteiger partial charge in [-0.05, 0) is 17.7 Å². The second-order valence-electron chi connectivity index (χ2n) is 5.19. The van der Waals surface area contributed by atoms with Gasteiger partial charge in [-0.1, -0.05) is 29.3 Å². The Morgan fingerprint density at radius 3 is 2.46 bits per heavy atom. The largest absolute Gasteiger partial charge is 0.453 e. The fraction of sp³-hybridized carbons (Fsp3) is 0.286. The van der Waals surface area contributed by atoms with Gasteiger partial charge in [0, 0.05) is 16.0 Å². The third-order valence-corrected chi connectivity index (χ3v) is 4.52. The molecule has 1 aromatic carbocycles. The lowest BCUT2D eigenvalue weighted by Gasteiger charge is -2.35. The van der Waals surface area contributed by atoms with Crippen molar-refractivity contribution >= 4 is 28.9 Å². The maximum Gasteiger partial charge on any atom is 0.431 e. The molecule has 10 heteroatoms. The monoisotopic (exact) mass is 376 g/mol. The summed E-state index contributed by atoms with van der Waals surface area (Å²) < 4.78 is 45.2.